The molecule has 0 aliphatic heterocycles. The molecule has 0 aliphatic carbocycles. The molecular weight excluding hydrogens is 185 g/mol. The molecule has 0 saturated heterocycles. The number of hydrogen-bond donors (Lipinski definition) is 0. The Balaban J connectivity index is -0.000000107. The summed E-state index contributed by atoms with van der Waals surface area (Å²) in [6.07, 6.45) is 10.3. The molecule has 0 N–H and O–H groups in total. The van der Waals surface area contributed by atoms with E-state index < -0.39 is 0 Å². The average Bonchev–Trinajstić information content (AvgIpc) is 1.93. The smallest absolute Gasteiger partial charge is 0.245 e. The van der Waals surface area contributed by atoms with Crippen LogP contribution in [-0.4, -0.2) is 0 Å². The fraction of sp³-hybridized carbons (Fsp3) is 0. The Morgan fingerprint density at radius 1 is 0.818 bits per heavy atom. The fourth-order valence-electron chi connectivity index (χ4n) is 0.192. The standard InChI is InChI=1S/2C5H7.Zn/c2*1-3-5-4-2;/h2*3-5H,1-2H2;/q2*-1;+2. The van der Waals surface area contributed by atoms with E-state index in [-0.39, 0.29) is 19.5 Å². The molecule has 0 heterocycles. The molecule has 0 spiro atoms. The molecule has 0 aromatic rings. The van der Waals surface area contributed by atoms with Gasteiger partial charge in [-0.1, -0.05) is 0 Å². The van der Waals surface area contributed by atoms with Crippen molar-refractivity contribution >= 4 is 0 Å². The van der Waals surface area contributed by atoms with Gasteiger partial charge in [0.2, 0.25) is 0 Å². The first-order valence-electron chi connectivity index (χ1n) is 2.97. The predicted octanol–water partition coefficient (Wildman–Crippen LogP) is 3.12. The third kappa shape index (κ3) is 45.3. The van der Waals surface area contributed by atoms with E-state index in [1.807, 2.05) is 0 Å². The first-order valence-corrected chi connectivity index (χ1v) is 2.97. The van der Waals surface area contributed by atoms with Gasteiger partial charge in [-0.2, -0.15) is 12.2 Å². The zero-order valence-electron chi connectivity index (χ0n) is 7.00. The zero-order chi connectivity index (χ0) is 8.24. The minimum absolute atomic E-state index is 0. The predicted molar refractivity (Wildman–Crippen MR) is 49.4 cm³/mol. The van der Waals surface area contributed by atoms with E-state index in [1.165, 1.54) is 0 Å². The molecule has 0 bridgehead atoms. The van der Waals surface area contributed by atoms with Crippen LogP contribution < -0.4 is 0 Å². The van der Waals surface area contributed by atoms with Gasteiger partial charge in [-0.3, -0.25) is 0 Å². The Morgan fingerprint density at radius 3 is 1.09 bits per heavy atom. The van der Waals surface area contributed by atoms with Crippen LogP contribution in [0.4, 0.5) is 0 Å². The van der Waals surface area contributed by atoms with Crippen molar-refractivity contribution in [2.75, 3.05) is 0 Å². The molecule has 0 nitrogen and oxygen atoms in total. The Labute approximate surface area is 83.2 Å². The molecule has 0 aromatic heterocycles. The fourth-order valence-corrected chi connectivity index (χ4v) is 0.192. The van der Waals surface area contributed by atoms with Crippen molar-refractivity contribution in [3.05, 3.63) is 63.5 Å². The molecule has 1 heteroatoms. The molecule has 56 valence electrons. The van der Waals surface area contributed by atoms with E-state index in [0.717, 1.165) is 0 Å². The average molecular weight is 200 g/mol. The molecule has 0 aromatic carbocycles. The van der Waals surface area contributed by atoms with Crippen molar-refractivity contribution in [2.24, 2.45) is 0 Å². The Morgan fingerprint density at radius 2 is 1.09 bits per heavy atom. The van der Waals surface area contributed by atoms with Gasteiger partial charge in [0.05, 0.1) is 0 Å². The second-order valence-corrected chi connectivity index (χ2v) is 1.33. The Hall–Kier alpha value is -0.677. The van der Waals surface area contributed by atoms with Crippen LogP contribution in [-0.2, 0) is 19.5 Å². The molecule has 0 unspecified atom stereocenters. The summed E-state index contributed by atoms with van der Waals surface area (Å²) >= 11 is 0. The maximum atomic E-state index is 3.42. The van der Waals surface area contributed by atoms with Crippen LogP contribution >= 0.6 is 0 Å². The number of hydrogen-bond acceptors (Lipinski definition) is 0. The van der Waals surface area contributed by atoms with Crippen LogP contribution in [0.25, 0.3) is 0 Å². The first-order chi connectivity index (χ1) is 4.83. The van der Waals surface area contributed by atoms with Crippen molar-refractivity contribution in [1.29, 1.82) is 0 Å². The van der Waals surface area contributed by atoms with E-state index in [9.17, 15) is 0 Å². The summed E-state index contributed by atoms with van der Waals surface area (Å²) in [7, 11) is 0. The minimum Gasteiger partial charge on any atom is -0.245 e. The van der Waals surface area contributed by atoms with E-state index in [0.29, 0.717) is 0 Å². The van der Waals surface area contributed by atoms with Crippen LogP contribution in [0.15, 0.2) is 49.6 Å². The zero-order valence-corrected chi connectivity index (χ0v) is 9.97. The molecule has 0 aliphatic rings. The molecule has 0 radical (unpaired) electrons. The second kappa shape index (κ2) is 22.8. The van der Waals surface area contributed by atoms with E-state index in [1.54, 1.807) is 36.5 Å². The molecule has 0 rings (SSSR count). The van der Waals surface area contributed by atoms with Gasteiger partial charge in [0.1, 0.15) is 0 Å². The van der Waals surface area contributed by atoms with Crippen molar-refractivity contribution in [1.82, 2.24) is 0 Å². The molecular formula is C10H14Zn. The summed E-state index contributed by atoms with van der Waals surface area (Å²) in [6.45, 7) is 13.7. The van der Waals surface area contributed by atoms with Gasteiger partial charge in [0, 0.05) is 0 Å². The van der Waals surface area contributed by atoms with Crippen molar-refractivity contribution in [2.45, 2.75) is 0 Å². The summed E-state index contributed by atoms with van der Waals surface area (Å²) in [5.74, 6) is 0. The van der Waals surface area contributed by atoms with Crippen LogP contribution in [0.3, 0.4) is 0 Å². The van der Waals surface area contributed by atoms with Gasteiger partial charge in [0.15, 0.2) is 0 Å². The van der Waals surface area contributed by atoms with Crippen LogP contribution in [0, 0.1) is 13.8 Å². The number of rotatable bonds is 2. The summed E-state index contributed by atoms with van der Waals surface area (Å²) in [4.78, 5) is 0. The van der Waals surface area contributed by atoms with E-state index >= 15 is 0 Å². The van der Waals surface area contributed by atoms with Crippen LogP contribution in [0.2, 0.25) is 0 Å². The van der Waals surface area contributed by atoms with Crippen molar-refractivity contribution in [3.63, 3.8) is 0 Å². The summed E-state index contributed by atoms with van der Waals surface area (Å²) in [5.41, 5.74) is 0. The summed E-state index contributed by atoms with van der Waals surface area (Å²) in [6, 6.07) is 0. The minimum atomic E-state index is 0. The maximum absolute atomic E-state index is 3.42. The third-order valence-electron chi connectivity index (χ3n) is 0.544. The molecule has 0 amide bonds. The van der Waals surface area contributed by atoms with Gasteiger partial charge in [-0.15, -0.1) is 13.2 Å². The monoisotopic (exact) mass is 198 g/mol. The first kappa shape index (κ1) is 16.7. The van der Waals surface area contributed by atoms with E-state index in [2.05, 4.69) is 27.0 Å². The largest absolute Gasteiger partial charge is 2.00 e. The topological polar surface area (TPSA) is 0 Å². The van der Waals surface area contributed by atoms with Crippen LogP contribution in [0.1, 0.15) is 0 Å². The SMILES string of the molecule is C=CC=C[CH2-].C=CC=C[CH2-].[Zn+2]. The van der Waals surface area contributed by atoms with Crippen LogP contribution in [0.5, 0.6) is 0 Å². The van der Waals surface area contributed by atoms with Gasteiger partial charge in [-0.05, 0) is 0 Å². The Bertz CT molecular complexity index is 105. The molecule has 11 heavy (non-hydrogen) atoms. The molecule has 0 fully saturated rings. The normalized spacial score (nSPS) is 8.00. The van der Waals surface area contributed by atoms with E-state index in [4.69, 9.17) is 0 Å². The third-order valence-corrected chi connectivity index (χ3v) is 0.544. The molecule has 0 saturated carbocycles. The van der Waals surface area contributed by atoms with Gasteiger partial charge in [0.25, 0.3) is 0 Å². The van der Waals surface area contributed by atoms with Crippen molar-refractivity contribution in [3.8, 4) is 0 Å². The summed E-state index contributed by atoms with van der Waals surface area (Å²) < 4.78 is 0. The quantitative estimate of drug-likeness (QED) is 0.364. The Kier molecular flexibility index (Phi) is 34.7. The van der Waals surface area contributed by atoms with Crippen molar-refractivity contribution < 1.29 is 19.5 Å². The molecule has 0 atom stereocenters. The van der Waals surface area contributed by atoms with Gasteiger partial charge in [-0.25, -0.2) is 38.2 Å². The van der Waals surface area contributed by atoms with Gasteiger partial charge >= 0.3 is 19.5 Å². The van der Waals surface area contributed by atoms with Gasteiger partial charge < -0.3 is 0 Å². The second-order valence-electron chi connectivity index (χ2n) is 1.33. The maximum Gasteiger partial charge on any atom is 2.00 e. The number of allylic oxidation sites excluding steroid dienone is 6. The summed E-state index contributed by atoms with van der Waals surface area (Å²) in [5, 5.41) is 0.